The monoisotopic (exact) mass is 384 g/mol. The summed E-state index contributed by atoms with van der Waals surface area (Å²) in [6, 6.07) is 13.8. The molecule has 0 atom stereocenters. The van der Waals surface area contributed by atoms with Gasteiger partial charge in [-0.15, -0.1) is 0 Å². The average molecular weight is 385 g/mol. The van der Waals surface area contributed by atoms with Crippen LogP contribution >= 0.6 is 0 Å². The summed E-state index contributed by atoms with van der Waals surface area (Å²) in [6.07, 6.45) is 1.97. The van der Waals surface area contributed by atoms with E-state index < -0.39 is 0 Å². The Labute approximate surface area is 168 Å². The van der Waals surface area contributed by atoms with E-state index in [9.17, 15) is 9.59 Å². The van der Waals surface area contributed by atoms with Crippen LogP contribution in [0.5, 0.6) is 0 Å². The van der Waals surface area contributed by atoms with Crippen molar-refractivity contribution in [2.75, 3.05) is 27.2 Å². The highest BCUT2D eigenvalue weighted by molar-refractivity contribution is 5.84. The standard InChI is InChI=1S/C22H32N4O2/c1-18(2)14-26(22(28)23(3)4)17-21(27)25(15-19-10-7-6-8-11-19)16-20-12-9-13-24(20)5/h6-13,18H,14-17H2,1-5H3. The fourth-order valence-electron chi connectivity index (χ4n) is 3.09. The number of urea groups is 1. The maximum Gasteiger partial charge on any atom is 0.319 e. The molecule has 0 fully saturated rings. The topological polar surface area (TPSA) is 48.8 Å². The molecule has 152 valence electrons. The maximum atomic E-state index is 13.2. The summed E-state index contributed by atoms with van der Waals surface area (Å²) in [5.74, 6) is 0.230. The number of carbonyl (C=O) groups excluding carboxylic acids is 2. The lowest BCUT2D eigenvalue weighted by Crippen LogP contribution is -2.47. The van der Waals surface area contributed by atoms with Gasteiger partial charge in [0, 0.05) is 46.1 Å². The molecule has 0 bridgehead atoms. The van der Waals surface area contributed by atoms with Crippen molar-refractivity contribution in [3.63, 3.8) is 0 Å². The molecular weight excluding hydrogens is 352 g/mol. The van der Waals surface area contributed by atoms with Gasteiger partial charge in [-0.05, 0) is 23.6 Å². The van der Waals surface area contributed by atoms with Gasteiger partial charge in [0.15, 0.2) is 0 Å². The van der Waals surface area contributed by atoms with Crippen molar-refractivity contribution in [2.24, 2.45) is 13.0 Å². The van der Waals surface area contributed by atoms with Crippen LogP contribution in [0.2, 0.25) is 0 Å². The molecular formula is C22H32N4O2. The van der Waals surface area contributed by atoms with E-state index in [1.807, 2.05) is 79.0 Å². The smallest absolute Gasteiger partial charge is 0.319 e. The second-order valence-electron chi connectivity index (χ2n) is 7.80. The van der Waals surface area contributed by atoms with Crippen LogP contribution in [0.3, 0.4) is 0 Å². The van der Waals surface area contributed by atoms with Crippen LogP contribution in [-0.4, -0.2) is 58.4 Å². The molecule has 1 aromatic heterocycles. The molecule has 0 spiro atoms. The number of nitrogens with zero attached hydrogens (tertiary/aromatic N) is 4. The molecule has 0 saturated heterocycles. The van der Waals surface area contributed by atoms with Crippen LogP contribution in [0.25, 0.3) is 0 Å². The Bertz CT molecular complexity index is 768. The van der Waals surface area contributed by atoms with Gasteiger partial charge in [-0.1, -0.05) is 44.2 Å². The zero-order chi connectivity index (χ0) is 20.7. The number of hydrogen-bond donors (Lipinski definition) is 0. The summed E-state index contributed by atoms with van der Waals surface area (Å²) in [5, 5.41) is 0. The Kier molecular flexibility index (Phi) is 7.67. The van der Waals surface area contributed by atoms with Crippen molar-refractivity contribution in [3.05, 3.63) is 59.9 Å². The summed E-state index contributed by atoms with van der Waals surface area (Å²) in [4.78, 5) is 30.7. The summed E-state index contributed by atoms with van der Waals surface area (Å²) >= 11 is 0. The predicted octanol–water partition coefficient (Wildman–Crippen LogP) is 3.19. The number of hydrogen-bond acceptors (Lipinski definition) is 2. The molecule has 2 aromatic rings. The fourth-order valence-corrected chi connectivity index (χ4v) is 3.09. The molecule has 0 aliphatic rings. The highest BCUT2D eigenvalue weighted by Gasteiger charge is 2.24. The Morgan fingerprint density at radius 1 is 0.964 bits per heavy atom. The molecule has 0 radical (unpaired) electrons. The van der Waals surface area contributed by atoms with Gasteiger partial charge in [0.05, 0.1) is 6.54 Å². The van der Waals surface area contributed by atoms with Crippen molar-refractivity contribution in [1.29, 1.82) is 0 Å². The second-order valence-corrected chi connectivity index (χ2v) is 7.80. The van der Waals surface area contributed by atoms with Gasteiger partial charge in [-0.2, -0.15) is 0 Å². The normalized spacial score (nSPS) is 10.8. The van der Waals surface area contributed by atoms with E-state index in [0.29, 0.717) is 19.6 Å². The van der Waals surface area contributed by atoms with Crippen molar-refractivity contribution in [3.8, 4) is 0 Å². The first-order valence-corrected chi connectivity index (χ1v) is 9.66. The summed E-state index contributed by atoms with van der Waals surface area (Å²) in [6.45, 7) is 5.73. The molecule has 0 unspecified atom stereocenters. The highest BCUT2D eigenvalue weighted by atomic mass is 16.2. The van der Waals surface area contributed by atoms with Crippen LogP contribution in [-0.2, 0) is 24.9 Å². The van der Waals surface area contributed by atoms with Crippen LogP contribution < -0.4 is 0 Å². The van der Waals surface area contributed by atoms with Crippen LogP contribution in [0.15, 0.2) is 48.7 Å². The highest BCUT2D eigenvalue weighted by Crippen LogP contribution is 2.12. The average Bonchev–Trinajstić information content (AvgIpc) is 3.05. The minimum Gasteiger partial charge on any atom is -0.353 e. The zero-order valence-electron chi connectivity index (χ0n) is 17.6. The van der Waals surface area contributed by atoms with E-state index in [1.54, 1.807) is 19.0 Å². The second kappa shape index (κ2) is 9.97. The number of aromatic nitrogens is 1. The number of amides is 3. The zero-order valence-corrected chi connectivity index (χ0v) is 17.6. The molecule has 6 heteroatoms. The molecule has 3 amide bonds. The Hall–Kier alpha value is -2.76. The first kappa shape index (κ1) is 21.5. The van der Waals surface area contributed by atoms with Gasteiger partial charge in [0.25, 0.3) is 0 Å². The first-order chi connectivity index (χ1) is 13.3. The number of benzene rings is 1. The minimum absolute atomic E-state index is 0.0547. The van der Waals surface area contributed by atoms with Crippen LogP contribution in [0.1, 0.15) is 25.1 Å². The first-order valence-electron chi connectivity index (χ1n) is 9.66. The Morgan fingerprint density at radius 2 is 1.64 bits per heavy atom. The van der Waals surface area contributed by atoms with E-state index >= 15 is 0 Å². The molecule has 0 aliphatic heterocycles. The third kappa shape index (κ3) is 6.15. The molecule has 1 heterocycles. The molecule has 0 saturated carbocycles. The molecule has 28 heavy (non-hydrogen) atoms. The molecule has 0 aliphatic carbocycles. The van der Waals surface area contributed by atoms with E-state index in [2.05, 4.69) is 0 Å². The largest absolute Gasteiger partial charge is 0.353 e. The fraction of sp³-hybridized carbons (Fsp3) is 0.455. The molecule has 1 aromatic carbocycles. The SMILES string of the molecule is CC(C)CN(CC(=O)N(Cc1ccccc1)Cc1cccn1C)C(=O)N(C)C. The van der Waals surface area contributed by atoms with Gasteiger partial charge in [0.2, 0.25) is 5.91 Å². The third-order valence-electron chi connectivity index (χ3n) is 4.54. The van der Waals surface area contributed by atoms with Gasteiger partial charge < -0.3 is 19.3 Å². The van der Waals surface area contributed by atoms with Gasteiger partial charge in [0.1, 0.15) is 6.54 Å². The van der Waals surface area contributed by atoms with Crippen LogP contribution in [0.4, 0.5) is 4.79 Å². The molecule has 6 nitrogen and oxygen atoms in total. The third-order valence-corrected chi connectivity index (χ3v) is 4.54. The lowest BCUT2D eigenvalue weighted by Gasteiger charge is -2.30. The Morgan fingerprint density at radius 3 is 2.18 bits per heavy atom. The van der Waals surface area contributed by atoms with Crippen LogP contribution in [0, 0.1) is 5.92 Å². The number of aryl methyl sites for hydroxylation is 1. The quantitative estimate of drug-likeness (QED) is 0.702. The van der Waals surface area contributed by atoms with E-state index in [1.165, 1.54) is 4.90 Å². The van der Waals surface area contributed by atoms with Crippen molar-refractivity contribution >= 4 is 11.9 Å². The Balaban J connectivity index is 2.20. The van der Waals surface area contributed by atoms with E-state index in [0.717, 1.165) is 11.3 Å². The summed E-state index contributed by atoms with van der Waals surface area (Å²) in [5.41, 5.74) is 2.12. The predicted molar refractivity (Wildman–Crippen MR) is 112 cm³/mol. The van der Waals surface area contributed by atoms with Crippen molar-refractivity contribution in [2.45, 2.75) is 26.9 Å². The van der Waals surface area contributed by atoms with Crippen molar-refractivity contribution < 1.29 is 9.59 Å². The van der Waals surface area contributed by atoms with E-state index in [-0.39, 0.29) is 24.4 Å². The minimum atomic E-state index is -0.138. The number of rotatable bonds is 8. The number of carbonyl (C=O) groups is 2. The summed E-state index contributed by atoms with van der Waals surface area (Å²) in [7, 11) is 5.40. The molecule has 0 N–H and O–H groups in total. The van der Waals surface area contributed by atoms with Gasteiger partial charge >= 0.3 is 6.03 Å². The van der Waals surface area contributed by atoms with Gasteiger partial charge in [-0.3, -0.25) is 4.79 Å². The van der Waals surface area contributed by atoms with Gasteiger partial charge in [-0.25, -0.2) is 4.79 Å². The lowest BCUT2D eigenvalue weighted by molar-refractivity contribution is -0.133. The summed E-state index contributed by atoms with van der Waals surface area (Å²) < 4.78 is 2.02. The van der Waals surface area contributed by atoms with Crippen molar-refractivity contribution in [1.82, 2.24) is 19.3 Å². The maximum absolute atomic E-state index is 13.2. The molecule has 2 rings (SSSR count). The van der Waals surface area contributed by atoms with E-state index in [4.69, 9.17) is 0 Å². The lowest BCUT2D eigenvalue weighted by atomic mass is 10.2.